The van der Waals surface area contributed by atoms with Gasteiger partial charge in [-0.2, -0.15) is 0 Å². The third kappa shape index (κ3) is 3.47. The first-order valence-electron chi connectivity index (χ1n) is 6.36. The molecule has 2 aromatic rings. The van der Waals surface area contributed by atoms with Gasteiger partial charge in [0.05, 0.1) is 19.8 Å². The van der Waals surface area contributed by atoms with E-state index in [0.29, 0.717) is 30.3 Å². The van der Waals surface area contributed by atoms with Gasteiger partial charge in [0, 0.05) is 19.0 Å². The number of carbonyl (C=O) groups is 1. The van der Waals surface area contributed by atoms with Gasteiger partial charge in [-0.1, -0.05) is 0 Å². The van der Waals surface area contributed by atoms with Gasteiger partial charge in [-0.15, -0.1) is 5.10 Å². The molecule has 0 atom stereocenters. The molecule has 0 radical (unpaired) electrons. The van der Waals surface area contributed by atoms with Crippen molar-refractivity contribution in [2.75, 3.05) is 14.2 Å². The molecule has 0 unspecified atom stereocenters. The summed E-state index contributed by atoms with van der Waals surface area (Å²) >= 11 is 0. The van der Waals surface area contributed by atoms with Crippen molar-refractivity contribution in [1.29, 1.82) is 0 Å². The third-order valence-electron chi connectivity index (χ3n) is 2.94. The van der Waals surface area contributed by atoms with Crippen molar-refractivity contribution in [1.82, 2.24) is 20.2 Å². The van der Waals surface area contributed by atoms with E-state index < -0.39 is 5.97 Å². The zero-order valence-electron chi connectivity index (χ0n) is 11.8. The molecule has 0 amide bonds. The molecule has 0 saturated carbocycles. The number of aryl methyl sites for hydroxylation is 1. The highest BCUT2D eigenvalue weighted by Crippen LogP contribution is 2.31. The number of methoxy groups -OCH3 is 2. The van der Waals surface area contributed by atoms with Gasteiger partial charge in [0.2, 0.25) is 0 Å². The number of aliphatic carboxylic acids is 1. The summed E-state index contributed by atoms with van der Waals surface area (Å²) in [6.45, 7) is 0.420. The zero-order valence-corrected chi connectivity index (χ0v) is 11.8. The summed E-state index contributed by atoms with van der Waals surface area (Å²) in [5.74, 6) is 0.940. The maximum Gasteiger partial charge on any atom is 0.303 e. The Kier molecular flexibility index (Phi) is 4.70. The standard InChI is InChI=1S/C13H16N4O4/c1-20-9-5-6-10(11(8-9)21-2)13-14-15-16-17(13)7-3-4-12(18)19/h5-6,8H,3-4,7H2,1-2H3,(H,18,19). The molecular formula is C13H16N4O4. The monoisotopic (exact) mass is 292 g/mol. The molecule has 112 valence electrons. The number of hydrogen-bond acceptors (Lipinski definition) is 6. The van der Waals surface area contributed by atoms with Gasteiger partial charge >= 0.3 is 5.97 Å². The van der Waals surface area contributed by atoms with Crippen molar-refractivity contribution < 1.29 is 19.4 Å². The average Bonchev–Trinajstić information content (AvgIpc) is 2.94. The van der Waals surface area contributed by atoms with Gasteiger partial charge in [0.1, 0.15) is 11.5 Å². The fourth-order valence-electron chi connectivity index (χ4n) is 1.91. The second-order valence-electron chi connectivity index (χ2n) is 4.29. The fraction of sp³-hybridized carbons (Fsp3) is 0.385. The maximum absolute atomic E-state index is 10.6. The molecule has 1 aromatic heterocycles. The molecule has 8 nitrogen and oxygen atoms in total. The van der Waals surface area contributed by atoms with Crippen LogP contribution in [-0.4, -0.2) is 45.5 Å². The van der Waals surface area contributed by atoms with E-state index in [2.05, 4.69) is 15.5 Å². The second-order valence-corrected chi connectivity index (χ2v) is 4.29. The molecule has 8 heteroatoms. The number of tetrazole rings is 1. The lowest BCUT2D eigenvalue weighted by Gasteiger charge is -2.10. The first kappa shape index (κ1) is 14.8. The Morgan fingerprint density at radius 3 is 2.81 bits per heavy atom. The van der Waals surface area contributed by atoms with Crippen LogP contribution in [0.1, 0.15) is 12.8 Å². The van der Waals surface area contributed by atoms with Crippen molar-refractivity contribution in [2.45, 2.75) is 19.4 Å². The molecule has 0 bridgehead atoms. The Hall–Kier alpha value is -2.64. The number of ether oxygens (including phenoxy) is 2. The Balaban J connectivity index is 2.26. The Morgan fingerprint density at radius 1 is 1.33 bits per heavy atom. The highest BCUT2D eigenvalue weighted by atomic mass is 16.5. The normalized spacial score (nSPS) is 10.4. The van der Waals surface area contributed by atoms with Crippen LogP contribution in [-0.2, 0) is 11.3 Å². The van der Waals surface area contributed by atoms with Gasteiger partial charge in [-0.25, -0.2) is 4.68 Å². The summed E-state index contributed by atoms with van der Waals surface area (Å²) in [7, 11) is 3.13. The molecule has 0 aliphatic rings. The minimum Gasteiger partial charge on any atom is -0.497 e. The molecule has 0 aliphatic heterocycles. The molecule has 1 N–H and O–H groups in total. The van der Waals surface area contributed by atoms with E-state index in [1.165, 1.54) is 0 Å². The SMILES string of the molecule is COc1ccc(-c2nnnn2CCCC(=O)O)c(OC)c1. The highest BCUT2D eigenvalue weighted by Gasteiger charge is 2.15. The lowest BCUT2D eigenvalue weighted by Crippen LogP contribution is -2.06. The maximum atomic E-state index is 10.6. The molecule has 1 aromatic carbocycles. The predicted octanol–water partition coefficient (Wildman–Crippen LogP) is 1.22. The number of rotatable bonds is 7. The van der Waals surface area contributed by atoms with Crippen molar-refractivity contribution in [2.24, 2.45) is 0 Å². The van der Waals surface area contributed by atoms with Crippen LogP contribution in [0, 0.1) is 0 Å². The average molecular weight is 292 g/mol. The molecule has 2 rings (SSSR count). The molecule has 0 aliphatic carbocycles. The van der Waals surface area contributed by atoms with Crippen LogP contribution in [0.3, 0.4) is 0 Å². The second kappa shape index (κ2) is 6.69. The van der Waals surface area contributed by atoms with Crippen molar-refractivity contribution >= 4 is 5.97 Å². The molecular weight excluding hydrogens is 276 g/mol. The molecule has 21 heavy (non-hydrogen) atoms. The largest absolute Gasteiger partial charge is 0.497 e. The summed E-state index contributed by atoms with van der Waals surface area (Å²) in [5.41, 5.74) is 0.721. The van der Waals surface area contributed by atoms with Crippen LogP contribution in [0.5, 0.6) is 11.5 Å². The first-order valence-corrected chi connectivity index (χ1v) is 6.36. The quantitative estimate of drug-likeness (QED) is 0.819. The van der Waals surface area contributed by atoms with E-state index in [4.69, 9.17) is 14.6 Å². The van der Waals surface area contributed by atoms with Crippen LogP contribution in [0.2, 0.25) is 0 Å². The van der Waals surface area contributed by atoms with Gasteiger partial charge < -0.3 is 14.6 Å². The number of aromatic nitrogens is 4. The lowest BCUT2D eigenvalue weighted by molar-refractivity contribution is -0.137. The van der Waals surface area contributed by atoms with Crippen molar-refractivity contribution in [3.63, 3.8) is 0 Å². The minimum absolute atomic E-state index is 0.0685. The summed E-state index contributed by atoms with van der Waals surface area (Å²) in [4.78, 5) is 10.6. The molecule has 1 heterocycles. The summed E-state index contributed by atoms with van der Waals surface area (Å²) < 4.78 is 12.0. The summed E-state index contributed by atoms with van der Waals surface area (Å²) in [6.07, 6.45) is 0.519. The number of nitrogens with zero attached hydrogens (tertiary/aromatic N) is 4. The smallest absolute Gasteiger partial charge is 0.303 e. The van der Waals surface area contributed by atoms with E-state index in [0.717, 1.165) is 5.56 Å². The molecule has 0 spiro atoms. The van der Waals surface area contributed by atoms with Gasteiger partial charge in [0.15, 0.2) is 5.82 Å². The number of carboxylic acids is 1. The van der Waals surface area contributed by atoms with E-state index >= 15 is 0 Å². The first-order chi connectivity index (χ1) is 10.2. The number of benzene rings is 1. The van der Waals surface area contributed by atoms with Crippen LogP contribution in [0.25, 0.3) is 11.4 Å². The number of carboxylic acid groups (broad SMARTS) is 1. The van der Waals surface area contributed by atoms with Crippen LogP contribution in [0.15, 0.2) is 18.2 Å². The lowest BCUT2D eigenvalue weighted by atomic mass is 10.1. The van der Waals surface area contributed by atoms with Crippen molar-refractivity contribution in [3.05, 3.63) is 18.2 Å². The zero-order chi connectivity index (χ0) is 15.2. The summed E-state index contributed by atoms with van der Waals surface area (Å²) in [6, 6.07) is 5.33. The fourth-order valence-corrected chi connectivity index (χ4v) is 1.91. The molecule has 0 saturated heterocycles. The van der Waals surface area contributed by atoms with E-state index in [-0.39, 0.29) is 6.42 Å². The van der Waals surface area contributed by atoms with Gasteiger partial charge in [0.25, 0.3) is 0 Å². The predicted molar refractivity (Wildman–Crippen MR) is 73.2 cm³/mol. The van der Waals surface area contributed by atoms with E-state index in [9.17, 15) is 4.79 Å². The van der Waals surface area contributed by atoms with Crippen LogP contribution in [0.4, 0.5) is 0 Å². The number of hydrogen-bond donors (Lipinski definition) is 1. The highest BCUT2D eigenvalue weighted by molar-refractivity contribution is 5.67. The summed E-state index contributed by atoms with van der Waals surface area (Å²) in [5, 5.41) is 20.2. The van der Waals surface area contributed by atoms with E-state index in [1.54, 1.807) is 37.1 Å². The Labute approximate surface area is 121 Å². The minimum atomic E-state index is -0.841. The Morgan fingerprint density at radius 2 is 2.14 bits per heavy atom. The van der Waals surface area contributed by atoms with Gasteiger partial charge in [-0.3, -0.25) is 4.79 Å². The van der Waals surface area contributed by atoms with E-state index in [1.807, 2.05) is 0 Å². The Bertz CT molecular complexity index is 626. The van der Waals surface area contributed by atoms with Crippen LogP contribution < -0.4 is 9.47 Å². The molecule has 0 fully saturated rings. The van der Waals surface area contributed by atoms with Crippen molar-refractivity contribution in [3.8, 4) is 22.9 Å². The topological polar surface area (TPSA) is 99.4 Å². The van der Waals surface area contributed by atoms with Gasteiger partial charge in [-0.05, 0) is 29.0 Å². The third-order valence-corrected chi connectivity index (χ3v) is 2.94. The van der Waals surface area contributed by atoms with Crippen LogP contribution >= 0.6 is 0 Å².